The van der Waals surface area contributed by atoms with E-state index in [4.69, 9.17) is 0 Å². The molecule has 0 bridgehead atoms. The van der Waals surface area contributed by atoms with Crippen LogP contribution in [0.5, 0.6) is 0 Å². The lowest BCUT2D eigenvalue weighted by molar-refractivity contribution is 0.241. The first kappa shape index (κ1) is 18.7. The summed E-state index contributed by atoms with van der Waals surface area (Å²) in [5, 5.41) is 4.60. The fourth-order valence-corrected chi connectivity index (χ4v) is 4.75. The topological polar surface area (TPSA) is 70.4 Å². The summed E-state index contributed by atoms with van der Waals surface area (Å²) in [4.78, 5) is 28.6. The molecule has 0 spiro atoms. The van der Waals surface area contributed by atoms with Crippen molar-refractivity contribution < 1.29 is 0 Å². The number of aromatic nitrogens is 4. The minimum Gasteiger partial charge on any atom is -0.354 e. The first-order chi connectivity index (χ1) is 14.2. The lowest BCUT2D eigenvalue weighted by Crippen LogP contribution is -2.48. The van der Waals surface area contributed by atoms with E-state index in [0.717, 1.165) is 88.6 Å². The van der Waals surface area contributed by atoms with Crippen LogP contribution in [0, 0.1) is 0 Å². The number of rotatable bonds is 4. The number of anilines is 1. The third-order valence-corrected chi connectivity index (χ3v) is 6.49. The van der Waals surface area contributed by atoms with Crippen LogP contribution in [-0.2, 0) is 32.4 Å². The van der Waals surface area contributed by atoms with Crippen molar-refractivity contribution in [3.05, 3.63) is 45.3 Å². The molecule has 0 unspecified atom stereocenters. The summed E-state index contributed by atoms with van der Waals surface area (Å²) in [6, 6.07) is 1.79. The number of hydrogen-bond donors (Lipinski definition) is 0. The molecule has 1 aliphatic carbocycles. The Morgan fingerprint density at radius 1 is 0.966 bits per heavy atom. The van der Waals surface area contributed by atoms with E-state index in [-0.39, 0.29) is 5.56 Å². The van der Waals surface area contributed by atoms with E-state index < -0.39 is 0 Å². The van der Waals surface area contributed by atoms with Crippen molar-refractivity contribution in [2.45, 2.75) is 38.8 Å². The molecule has 1 saturated heterocycles. The Morgan fingerprint density at radius 2 is 1.83 bits per heavy atom. The largest absolute Gasteiger partial charge is 0.354 e. The number of likely N-dealkylation sites (N-methyl/N-ethyl adjacent to an activating group) is 1. The van der Waals surface area contributed by atoms with Gasteiger partial charge in [0.25, 0.3) is 5.56 Å². The average molecular weight is 396 g/mol. The molecular formula is C21H29N7O. The number of fused-ring (bicyclic) bond motifs is 2. The van der Waals surface area contributed by atoms with E-state index in [9.17, 15) is 4.79 Å². The van der Waals surface area contributed by atoms with E-state index in [1.165, 1.54) is 11.3 Å². The summed E-state index contributed by atoms with van der Waals surface area (Å²) >= 11 is 0. The van der Waals surface area contributed by atoms with Crippen molar-refractivity contribution >= 4 is 5.82 Å². The Balaban J connectivity index is 1.20. The van der Waals surface area contributed by atoms with Gasteiger partial charge in [-0.25, -0.2) is 14.6 Å². The highest BCUT2D eigenvalue weighted by Crippen LogP contribution is 2.25. The maximum atomic E-state index is 12.3. The lowest BCUT2D eigenvalue weighted by atomic mass is 10.1. The summed E-state index contributed by atoms with van der Waals surface area (Å²) in [7, 11) is 2.16. The van der Waals surface area contributed by atoms with Crippen LogP contribution in [0.3, 0.4) is 0 Å². The Bertz CT molecular complexity index is 949. The number of piperazine rings is 1. The molecule has 0 amide bonds. The van der Waals surface area contributed by atoms with Crippen LogP contribution in [0.4, 0.5) is 5.82 Å². The van der Waals surface area contributed by atoms with Crippen molar-refractivity contribution in [1.29, 1.82) is 0 Å². The maximum absolute atomic E-state index is 12.3. The smallest absolute Gasteiger partial charge is 0.267 e. The maximum Gasteiger partial charge on any atom is 0.267 e. The van der Waals surface area contributed by atoms with Gasteiger partial charge in [-0.1, -0.05) is 0 Å². The lowest BCUT2D eigenvalue weighted by Gasteiger charge is -2.37. The average Bonchev–Trinajstić information content (AvgIpc) is 3.19. The molecule has 2 aliphatic heterocycles. The van der Waals surface area contributed by atoms with Gasteiger partial charge in [0.15, 0.2) is 0 Å². The molecule has 0 radical (unpaired) electrons. The van der Waals surface area contributed by atoms with Gasteiger partial charge >= 0.3 is 0 Å². The Kier molecular flexibility index (Phi) is 5.05. The predicted octanol–water partition coefficient (Wildman–Crippen LogP) is 0.332. The van der Waals surface area contributed by atoms with Crippen LogP contribution in [0.2, 0.25) is 0 Å². The molecule has 0 aromatic carbocycles. The molecule has 0 atom stereocenters. The molecule has 0 saturated carbocycles. The van der Waals surface area contributed by atoms with Crippen molar-refractivity contribution in [3.8, 4) is 0 Å². The standard InChI is InChI=1S/C21H29N7O/c1-25-6-5-19-17(14-25)21(23-15-22-19)27-10-7-26(8-11-27)9-12-28-20(29)13-16-3-2-4-18(16)24-28/h13,15H,2-12,14H2,1H3. The molecule has 154 valence electrons. The zero-order valence-electron chi connectivity index (χ0n) is 17.2. The van der Waals surface area contributed by atoms with Crippen LogP contribution in [0.15, 0.2) is 17.2 Å². The Labute approximate surface area is 171 Å². The fraction of sp³-hybridized carbons (Fsp3) is 0.619. The molecule has 8 heteroatoms. The van der Waals surface area contributed by atoms with E-state index in [0.29, 0.717) is 6.54 Å². The van der Waals surface area contributed by atoms with Gasteiger partial charge in [-0.05, 0) is 31.9 Å². The normalized spacial score (nSPS) is 20.0. The zero-order valence-corrected chi connectivity index (χ0v) is 17.2. The summed E-state index contributed by atoms with van der Waals surface area (Å²) in [6.07, 6.45) is 5.85. The minimum atomic E-state index is 0.0426. The fourth-order valence-electron chi connectivity index (χ4n) is 4.75. The third-order valence-electron chi connectivity index (χ3n) is 6.49. The van der Waals surface area contributed by atoms with Crippen molar-refractivity contribution in [2.75, 3.05) is 51.2 Å². The highest BCUT2D eigenvalue weighted by molar-refractivity contribution is 5.49. The second kappa shape index (κ2) is 7.84. The summed E-state index contributed by atoms with van der Waals surface area (Å²) in [5.41, 5.74) is 4.81. The molecule has 1 fully saturated rings. The SMILES string of the molecule is CN1CCc2ncnc(N3CCN(CCn4nc5c(cc4=O)CCC5)CC3)c2C1. The van der Waals surface area contributed by atoms with Crippen LogP contribution < -0.4 is 10.5 Å². The zero-order chi connectivity index (χ0) is 19.8. The predicted molar refractivity (Wildman–Crippen MR) is 111 cm³/mol. The van der Waals surface area contributed by atoms with E-state index >= 15 is 0 Å². The second-order valence-corrected chi connectivity index (χ2v) is 8.47. The molecule has 2 aromatic rings. The van der Waals surface area contributed by atoms with Gasteiger partial charge in [0.1, 0.15) is 12.1 Å². The molecule has 8 nitrogen and oxygen atoms in total. The molecule has 29 heavy (non-hydrogen) atoms. The van der Waals surface area contributed by atoms with Gasteiger partial charge in [-0.3, -0.25) is 9.69 Å². The Morgan fingerprint density at radius 3 is 2.69 bits per heavy atom. The quantitative estimate of drug-likeness (QED) is 0.739. The molecule has 3 aliphatic rings. The molecule has 0 N–H and O–H groups in total. The van der Waals surface area contributed by atoms with Crippen molar-refractivity contribution in [1.82, 2.24) is 29.5 Å². The molecule has 2 aromatic heterocycles. The van der Waals surface area contributed by atoms with Gasteiger partial charge < -0.3 is 9.80 Å². The van der Waals surface area contributed by atoms with E-state index in [1.54, 1.807) is 17.1 Å². The van der Waals surface area contributed by atoms with Gasteiger partial charge in [-0.2, -0.15) is 5.10 Å². The highest BCUT2D eigenvalue weighted by Gasteiger charge is 2.25. The van der Waals surface area contributed by atoms with E-state index in [2.05, 4.69) is 36.8 Å². The molecular weight excluding hydrogens is 366 g/mol. The monoisotopic (exact) mass is 395 g/mol. The van der Waals surface area contributed by atoms with Gasteiger partial charge in [0.05, 0.1) is 17.9 Å². The summed E-state index contributed by atoms with van der Waals surface area (Å²) in [5.74, 6) is 1.11. The van der Waals surface area contributed by atoms with Crippen molar-refractivity contribution in [3.63, 3.8) is 0 Å². The number of aryl methyl sites for hydroxylation is 2. The van der Waals surface area contributed by atoms with Crippen LogP contribution in [-0.4, -0.2) is 75.9 Å². The molecule has 5 rings (SSSR count). The third kappa shape index (κ3) is 3.79. The first-order valence-corrected chi connectivity index (χ1v) is 10.8. The van der Waals surface area contributed by atoms with E-state index in [1.807, 2.05) is 0 Å². The molecule has 4 heterocycles. The van der Waals surface area contributed by atoms with Crippen LogP contribution in [0.25, 0.3) is 0 Å². The van der Waals surface area contributed by atoms with Crippen molar-refractivity contribution in [2.24, 2.45) is 0 Å². The highest BCUT2D eigenvalue weighted by atomic mass is 16.1. The second-order valence-electron chi connectivity index (χ2n) is 8.47. The van der Waals surface area contributed by atoms with Gasteiger partial charge in [0.2, 0.25) is 0 Å². The van der Waals surface area contributed by atoms with Crippen LogP contribution >= 0.6 is 0 Å². The summed E-state index contributed by atoms with van der Waals surface area (Å²) < 4.78 is 1.66. The van der Waals surface area contributed by atoms with Gasteiger partial charge in [-0.15, -0.1) is 0 Å². The van der Waals surface area contributed by atoms with Crippen LogP contribution in [0.1, 0.15) is 28.9 Å². The number of hydrogen-bond acceptors (Lipinski definition) is 7. The minimum absolute atomic E-state index is 0.0426. The first-order valence-electron chi connectivity index (χ1n) is 10.8. The Hall–Kier alpha value is -2.32. The summed E-state index contributed by atoms with van der Waals surface area (Å²) in [6.45, 7) is 7.40. The number of nitrogens with zero attached hydrogens (tertiary/aromatic N) is 7. The van der Waals surface area contributed by atoms with Gasteiger partial charge in [0, 0.05) is 63.9 Å².